The third-order valence-electron chi connectivity index (χ3n) is 3.27. The molecule has 0 radical (unpaired) electrons. The summed E-state index contributed by atoms with van der Waals surface area (Å²) in [6, 6.07) is 0. The number of esters is 1. The molecule has 0 heterocycles. The predicted molar refractivity (Wildman–Crippen MR) is 55.2 cm³/mol. The van der Waals surface area contributed by atoms with Crippen molar-refractivity contribution in [2.24, 2.45) is 17.8 Å². The highest BCUT2D eigenvalue weighted by Crippen LogP contribution is 2.46. The third-order valence-corrected chi connectivity index (χ3v) is 3.27. The number of hydrogen-bond donors (Lipinski definition) is 0. The monoisotopic (exact) mass is 210 g/mol. The smallest absolute Gasteiger partial charge is 0.310 e. The first-order valence-corrected chi connectivity index (χ1v) is 5.62. The highest BCUT2D eigenvalue weighted by Gasteiger charge is 2.49. The molecule has 0 amide bonds. The number of ether oxygens (including phenoxy) is 1. The van der Waals surface area contributed by atoms with Crippen molar-refractivity contribution in [3.05, 3.63) is 0 Å². The van der Waals surface area contributed by atoms with Gasteiger partial charge in [-0.3, -0.25) is 9.59 Å². The molecule has 0 aromatic heterocycles. The van der Waals surface area contributed by atoms with Crippen LogP contribution in [0, 0.1) is 17.8 Å². The van der Waals surface area contributed by atoms with Crippen LogP contribution in [0.15, 0.2) is 0 Å². The molecular weight excluding hydrogens is 192 g/mol. The lowest BCUT2D eigenvalue weighted by molar-refractivity contribution is -0.163. The Labute approximate surface area is 90.2 Å². The summed E-state index contributed by atoms with van der Waals surface area (Å²) in [5.74, 6) is 0.338. The van der Waals surface area contributed by atoms with Crippen LogP contribution >= 0.6 is 0 Å². The van der Waals surface area contributed by atoms with Crippen molar-refractivity contribution in [1.82, 2.24) is 0 Å². The second-order valence-corrected chi connectivity index (χ2v) is 5.75. The van der Waals surface area contributed by atoms with Gasteiger partial charge >= 0.3 is 5.97 Å². The number of hydrogen-bond acceptors (Lipinski definition) is 3. The maximum absolute atomic E-state index is 11.8. The zero-order valence-corrected chi connectivity index (χ0v) is 9.58. The molecule has 0 aliphatic heterocycles. The zero-order valence-electron chi connectivity index (χ0n) is 9.58. The van der Waals surface area contributed by atoms with Crippen molar-refractivity contribution in [1.29, 1.82) is 0 Å². The predicted octanol–water partition coefficient (Wildman–Crippen LogP) is 1.94. The van der Waals surface area contributed by atoms with Crippen molar-refractivity contribution >= 4 is 11.8 Å². The minimum atomic E-state index is -0.442. The maximum atomic E-state index is 11.8. The van der Waals surface area contributed by atoms with Gasteiger partial charge in [-0.1, -0.05) is 0 Å². The Morgan fingerprint density at radius 2 is 2.00 bits per heavy atom. The molecule has 0 unspecified atom stereocenters. The first-order valence-electron chi connectivity index (χ1n) is 5.62. The van der Waals surface area contributed by atoms with Gasteiger partial charge in [-0.25, -0.2) is 0 Å². The van der Waals surface area contributed by atoms with Crippen LogP contribution in [0.25, 0.3) is 0 Å². The Balaban J connectivity index is 2.01. The molecule has 3 heteroatoms. The van der Waals surface area contributed by atoms with Crippen molar-refractivity contribution < 1.29 is 14.3 Å². The van der Waals surface area contributed by atoms with Crippen LogP contribution < -0.4 is 0 Å². The Bertz CT molecular complexity index is 300. The third kappa shape index (κ3) is 2.06. The van der Waals surface area contributed by atoms with E-state index in [1.807, 2.05) is 20.8 Å². The van der Waals surface area contributed by atoms with Gasteiger partial charge in [0.1, 0.15) is 11.4 Å². The minimum Gasteiger partial charge on any atom is -0.460 e. The Kier molecular flexibility index (Phi) is 2.36. The van der Waals surface area contributed by atoms with E-state index in [4.69, 9.17) is 4.74 Å². The fourth-order valence-electron chi connectivity index (χ4n) is 2.74. The highest BCUT2D eigenvalue weighted by molar-refractivity contribution is 5.90. The van der Waals surface area contributed by atoms with E-state index in [0.29, 0.717) is 12.3 Å². The molecule has 0 aromatic rings. The van der Waals surface area contributed by atoms with E-state index < -0.39 is 5.60 Å². The van der Waals surface area contributed by atoms with Crippen molar-refractivity contribution in [2.45, 2.75) is 45.6 Å². The highest BCUT2D eigenvalue weighted by atomic mass is 16.6. The van der Waals surface area contributed by atoms with Crippen LogP contribution in [0.2, 0.25) is 0 Å². The Morgan fingerprint density at radius 1 is 1.33 bits per heavy atom. The van der Waals surface area contributed by atoms with Crippen molar-refractivity contribution in [2.75, 3.05) is 0 Å². The Hall–Kier alpha value is -0.860. The van der Waals surface area contributed by atoms with Crippen LogP contribution in [-0.4, -0.2) is 17.4 Å². The first-order chi connectivity index (χ1) is 6.87. The van der Waals surface area contributed by atoms with Crippen molar-refractivity contribution in [3.8, 4) is 0 Å². The lowest BCUT2D eigenvalue weighted by Crippen LogP contribution is -2.33. The largest absolute Gasteiger partial charge is 0.460 e. The molecule has 2 bridgehead atoms. The molecular formula is C12H18O3. The van der Waals surface area contributed by atoms with Crippen LogP contribution in [0.3, 0.4) is 0 Å². The van der Waals surface area contributed by atoms with Gasteiger partial charge < -0.3 is 4.74 Å². The molecule has 2 aliphatic carbocycles. The standard InChI is InChI=1S/C12H18O3/c1-12(2,3)15-11(14)9-5-7-4-8(9)10(13)6-7/h7-9H,4-6H2,1-3H3/t7-,8-,9-/m1/s1. The second-order valence-electron chi connectivity index (χ2n) is 5.75. The average molecular weight is 210 g/mol. The normalized spacial score (nSPS) is 34.6. The van der Waals surface area contributed by atoms with Gasteiger partial charge in [-0.05, 0) is 39.5 Å². The molecule has 84 valence electrons. The molecule has 0 saturated heterocycles. The molecule has 2 fully saturated rings. The summed E-state index contributed by atoms with van der Waals surface area (Å²) >= 11 is 0. The number of rotatable bonds is 1. The van der Waals surface area contributed by atoms with Gasteiger partial charge in [0.05, 0.1) is 5.92 Å². The lowest BCUT2D eigenvalue weighted by Gasteiger charge is -2.25. The number of carbonyl (C=O) groups excluding carboxylic acids is 2. The molecule has 0 spiro atoms. The SMILES string of the molecule is CC(C)(C)OC(=O)[C@@H]1C[C@@H]2CC(=O)[C@@H]1C2. The summed E-state index contributed by atoms with van der Waals surface area (Å²) in [5.41, 5.74) is -0.442. The van der Waals surface area contributed by atoms with Gasteiger partial charge in [0, 0.05) is 12.3 Å². The summed E-state index contributed by atoms with van der Waals surface area (Å²) in [6.07, 6.45) is 2.44. The quantitative estimate of drug-likeness (QED) is 0.621. The van der Waals surface area contributed by atoms with E-state index in [1.165, 1.54) is 0 Å². The van der Waals surface area contributed by atoms with Crippen molar-refractivity contribution in [3.63, 3.8) is 0 Å². The van der Waals surface area contributed by atoms with E-state index in [0.717, 1.165) is 12.8 Å². The van der Waals surface area contributed by atoms with E-state index in [9.17, 15) is 9.59 Å². The number of carbonyl (C=O) groups is 2. The molecule has 3 nitrogen and oxygen atoms in total. The van der Waals surface area contributed by atoms with Crippen LogP contribution in [0.1, 0.15) is 40.0 Å². The summed E-state index contributed by atoms with van der Waals surface area (Å²) in [5, 5.41) is 0. The first kappa shape index (κ1) is 10.7. The number of fused-ring (bicyclic) bond motifs is 2. The van der Waals surface area contributed by atoms with E-state index in [-0.39, 0.29) is 23.6 Å². The molecule has 3 atom stereocenters. The molecule has 2 aliphatic rings. The molecule has 2 saturated carbocycles. The molecule has 0 aromatic carbocycles. The fourth-order valence-corrected chi connectivity index (χ4v) is 2.74. The number of Topliss-reactive ketones (excluding diaryl/α,β-unsaturated/α-hetero) is 1. The average Bonchev–Trinajstić information content (AvgIpc) is 2.58. The molecule has 15 heavy (non-hydrogen) atoms. The lowest BCUT2D eigenvalue weighted by atomic mass is 9.88. The van der Waals surface area contributed by atoms with Gasteiger partial charge in [-0.15, -0.1) is 0 Å². The van der Waals surface area contributed by atoms with Crippen LogP contribution in [0.5, 0.6) is 0 Å². The van der Waals surface area contributed by atoms with Gasteiger partial charge in [0.25, 0.3) is 0 Å². The van der Waals surface area contributed by atoms with Crippen LogP contribution in [-0.2, 0) is 14.3 Å². The minimum absolute atomic E-state index is 0.0372. The zero-order chi connectivity index (χ0) is 11.2. The molecule has 0 N–H and O–H groups in total. The van der Waals surface area contributed by atoms with E-state index in [2.05, 4.69) is 0 Å². The van der Waals surface area contributed by atoms with Gasteiger partial charge in [0.2, 0.25) is 0 Å². The summed E-state index contributed by atoms with van der Waals surface area (Å²) in [7, 11) is 0. The Morgan fingerprint density at radius 3 is 2.47 bits per heavy atom. The topological polar surface area (TPSA) is 43.4 Å². The summed E-state index contributed by atoms with van der Waals surface area (Å²) in [4.78, 5) is 23.3. The molecule has 2 rings (SSSR count). The fraction of sp³-hybridized carbons (Fsp3) is 0.833. The van der Waals surface area contributed by atoms with Crippen LogP contribution in [0.4, 0.5) is 0 Å². The number of ketones is 1. The maximum Gasteiger partial charge on any atom is 0.310 e. The second kappa shape index (κ2) is 3.32. The summed E-state index contributed by atoms with van der Waals surface area (Å²) in [6.45, 7) is 5.58. The summed E-state index contributed by atoms with van der Waals surface area (Å²) < 4.78 is 5.33. The van der Waals surface area contributed by atoms with E-state index in [1.54, 1.807) is 0 Å². The van der Waals surface area contributed by atoms with E-state index >= 15 is 0 Å². The van der Waals surface area contributed by atoms with Gasteiger partial charge in [-0.2, -0.15) is 0 Å². The van der Waals surface area contributed by atoms with Gasteiger partial charge in [0.15, 0.2) is 0 Å².